The Kier molecular flexibility index (Phi) is 9.79. The minimum Gasteiger partial charge on any atom is -0.487 e. The highest BCUT2D eigenvalue weighted by atomic mass is 79.9. The number of carbonyl (C=O) groups excluding carboxylic acids is 1. The third-order valence-corrected chi connectivity index (χ3v) is 6.77. The van der Waals surface area contributed by atoms with Crippen molar-refractivity contribution in [2.75, 3.05) is 57.8 Å². The summed E-state index contributed by atoms with van der Waals surface area (Å²) in [6.07, 6.45) is 2.57. The number of hydrogen-bond donors (Lipinski definition) is 1. The number of benzene rings is 2. The average Bonchev–Trinajstić information content (AvgIpc) is 2.90. The van der Waals surface area contributed by atoms with Crippen LogP contribution in [-0.4, -0.2) is 83.1 Å². The number of nitro groups is 1. The maximum absolute atomic E-state index is 11.8. The van der Waals surface area contributed by atoms with E-state index >= 15 is 0 Å². The van der Waals surface area contributed by atoms with Crippen LogP contribution in [0.5, 0.6) is 5.75 Å². The SMILES string of the molecule is CCOC(=O)CCN1CCN(CCCOc2cc3ncnc(Nc4cccc(Br)c4)c3cc2[N+](=O)[O-])CC1. The number of nitrogens with zero attached hydrogens (tertiary/aromatic N) is 5. The third-order valence-electron chi connectivity index (χ3n) is 6.28. The Balaban J connectivity index is 1.32. The van der Waals surface area contributed by atoms with E-state index in [4.69, 9.17) is 9.47 Å². The van der Waals surface area contributed by atoms with Gasteiger partial charge in [0.05, 0.1) is 35.5 Å². The van der Waals surface area contributed by atoms with E-state index in [2.05, 4.69) is 41.0 Å². The molecule has 1 aliphatic heterocycles. The topological polar surface area (TPSA) is 123 Å². The molecule has 2 heterocycles. The Morgan fingerprint density at radius 2 is 1.89 bits per heavy atom. The van der Waals surface area contributed by atoms with E-state index < -0.39 is 4.92 Å². The number of nitrogens with one attached hydrogen (secondary N) is 1. The summed E-state index contributed by atoms with van der Waals surface area (Å²) in [6.45, 7) is 7.72. The van der Waals surface area contributed by atoms with E-state index in [-0.39, 0.29) is 17.4 Å². The van der Waals surface area contributed by atoms with E-state index in [1.165, 1.54) is 12.4 Å². The molecule has 12 heteroatoms. The second-order valence-electron chi connectivity index (χ2n) is 8.89. The standard InChI is InChI=1S/C26H31BrN6O5/c1-2-37-25(34)7-9-32-12-10-31(11-13-32)8-4-14-38-24-17-22-21(16-23(24)33(35)36)26(29-18-28-22)30-20-6-3-5-19(27)15-20/h3,5-6,15-18H,2,4,7-14H2,1H3,(H,28,29,30). The zero-order valence-electron chi connectivity index (χ0n) is 21.3. The maximum Gasteiger partial charge on any atom is 0.311 e. The van der Waals surface area contributed by atoms with Crippen LogP contribution in [0, 0.1) is 10.1 Å². The normalized spacial score (nSPS) is 14.4. The van der Waals surface area contributed by atoms with Gasteiger partial charge in [-0.2, -0.15) is 0 Å². The van der Waals surface area contributed by atoms with E-state index in [0.29, 0.717) is 42.9 Å². The molecule has 11 nitrogen and oxygen atoms in total. The maximum atomic E-state index is 11.8. The molecular weight excluding hydrogens is 556 g/mol. The van der Waals surface area contributed by atoms with Crippen LogP contribution in [0.15, 0.2) is 47.2 Å². The summed E-state index contributed by atoms with van der Waals surface area (Å²) in [7, 11) is 0. The van der Waals surface area contributed by atoms with Gasteiger partial charge in [-0.25, -0.2) is 9.97 Å². The monoisotopic (exact) mass is 586 g/mol. The van der Waals surface area contributed by atoms with Gasteiger partial charge < -0.3 is 24.6 Å². The Morgan fingerprint density at radius 1 is 1.13 bits per heavy atom. The van der Waals surface area contributed by atoms with Gasteiger partial charge in [-0.1, -0.05) is 22.0 Å². The fourth-order valence-corrected chi connectivity index (χ4v) is 4.72. The molecule has 1 fully saturated rings. The van der Waals surface area contributed by atoms with Crippen LogP contribution < -0.4 is 10.1 Å². The third kappa shape index (κ3) is 7.59. The number of halogens is 1. The Labute approximate surface area is 229 Å². The predicted octanol–water partition coefficient (Wildman–Crippen LogP) is 4.38. The number of anilines is 2. The van der Waals surface area contributed by atoms with Gasteiger partial charge in [-0.3, -0.25) is 14.9 Å². The van der Waals surface area contributed by atoms with E-state index in [0.717, 1.165) is 49.3 Å². The molecule has 1 aliphatic rings. The highest BCUT2D eigenvalue weighted by Gasteiger charge is 2.21. The summed E-state index contributed by atoms with van der Waals surface area (Å²) in [5, 5.41) is 15.6. The highest BCUT2D eigenvalue weighted by Crippen LogP contribution is 2.35. The number of aromatic nitrogens is 2. The van der Waals surface area contributed by atoms with Gasteiger partial charge in [0.1, 0.15) is 12.1 Å². The van der Waals surface area contributed by atoms with E-state index in [9.17, 15) is 14.9 Å². The Bertz CT molecular complexity index is 1270. The fourth-order valence-electron chi connectivity index (χ4n) is 4.32. The minimum absolute atomic E-state index is 0.125. The van der Waals surface area contributed by atoms with Gasteiger partial charge >= 0.3 is 11.7 Å². The van der Waals surface area contributed by atoms with E-state index in [1.54, 1.807) is 6.07 Å². The summed E-state index contributed by atoms with van der Waals surface area (Å²) in [5.41, 5.74) is 1.22. The molecule has 0 bridgehead atoms. The zero-order chi connectivity index (χ0) is 26.9. The number of carbonyl (C=O) groups is 1. The Morgan fingerprint density at radius 3 is 2.61 bits per heavy atom. The van der Waals surface area contributed by atoms with Crippen molar-refractivity contribution in [3.8, 4) is 5.75 Å². The lowest BCUT2D eigenvalue weighted by Crippen LogP contribution is -2.47. The quantitative estimate of drug-likeness (QED) is 0.141. The van der Waals surface area contributed by atoms with Crippen molar-refractivity contribution in [1.82, 2.24) is 19.8 Å². The van der Waals surface area contributed by atoms with E-state index in [1.807, 2.05) is 31.2 Å². The van der Waals surface area contributed by atoms with Crippen LogP contribution in [0.2, 0.25) is 0 Å². The first kappa shape index (κ1) is 27.7. The molecule has 1 aromatic heterocycles. The van der Waals surface area contributed by atoms with Crippen molar-refractivity contribution in [2.45, 2.75) is 19.8 Å². The summed E-state index contributed by atoms with van der Waals surface area (Å²) >= 11 is 3.44. The molecule has 4 rings (SSSR count). The van der Waals surface area contributed by atoms with Crippen molar-refractivity contribution >= 4 is 50.0 Å². The summed E-state index contributed by atoms with van der Waals surface area (Å²) in [6, 6.07) is 10.6. The average molecular weight is 587 g/mol. The van der Waals surface area contributed by atoms with Crippen molar-refractivity contribution < 1.29 is 19.2 Å². The van der Waals surface area contributed by atoms with Crippen molar-refractivity contribution in [3.05, 3.63) is 57.3 Å². The molecule has 0 amide bonds. The second kappa shape index (κ2) is 13.4. The minimum atomic E-state index is -0.444. The molecular formula is C26H31BrN6O5. The first-order chi connectivity index (χ1) is 18.4. The molecule has 3 aromatic rings. The molecule has 0 atom stereocenters. The smallest absolute Gasteiger partial charge is 0.311 e. The van der Waals surface area contributed by atoms with Crippen molar-refractivity contribution in [1.29, 1.82) is 0 Å². The predicted molar refractivity (Wildman–Crippen MR) is 148 cm³/mol. The zero-order valence-corrected chi connectivity index (χ0v) is 22.9. The highest BCUT2D eigenvalue weighted by molar-refractivity contribution is 9.10. The number of hydrogen-bond acceptors (Lipinski definition) is 10. The molecule has 1 saturated heterocycles. The molecule has 38 heavy (non-hydrogen) atoms. The number of esters is 1. The Hall–Kier alpha value is -3.35. The first-order valence-corrected chi connectivity index (χ1v) is 13.4. The number of fused-ring (bicyclic) bond motifs is 1. The largest absolute Gasteiger partial charge is 0.487 e. The van der Waals surface area contributed by atoms with Crippen LogP contribution in [0.4, 0.5) is 17.2 Å². The molecule has 0 radical (unpaired) electrons. The van der Waals surface area contributed by atoms with Gasteiger partial charge in [-0.15, -0.1) is 0 Å². The van der Waals surface area contributed by atoms with Crippen LogP contribution in [0.25, 0.3) is 10.9 Å². The van der Waals surface area contributed by atoms with Crippen molar-refractivity contribution in [2.24, 2.45) is 0 Å². The molecule has 0 saturated carbocycles. The summed E-state index contributed by atoms with van der Waals surface area (Å²) < 4.78 is 11.8. The van der Waals surface area contributed by atoms with Gasteiger partial charge in [0.2, 0.25) is 0 Å². The van der Waals surface area contributed by atoms with Gasteiger partial charge in [-0.05, 0) is 31.5 Å². The second-order valence-corrected chi connectivity index (χ2v) is 9.81. The lowest BCUT2D eigenvalue weighted by molar-refractivity contribution is -0.385. The van der Waals surface area contributed by atoms with Gasteiger partial charge in [0, 0.05) is 61.6 Å². The molecule has 2 aromatic carbocycles. The molecule has 0 aliphatic carbocycles. The summed E-state index contributed by atoms with van der Waals surface area (Å²) in [5.74, 6) is 0.515. The molecule has 202 valence electrons. The molecule has 0 spiro atoms. The van der Waals surface area contributed by atoms with Crippen LogP contribution in [0.1, 0.15) is 19.8 Å². The molecule has 1 N–H and O–H groups in total. The van der Waals surface area contributed by atoms with Gasteiger partial charge in [0.15, 0.2) is 5.75 Å². The van der Waals surface area contributed by atoms with Crippen LogP contribution >= 0.6 is 15.9 Å². The number of nitro benzene ring substituents is 1. The fraction of sp³-hybridized carbons (Fsp3) is 0.423. The first-order valence-electron chi connectivity index (χ1n) is 12.6. The van der Waals surface area contributed by atoms with Crippen LogP contribution in [-0.2, 0) is 9.53 Å². The van der Waals surface area contributed by atoms with Gasteiger partial charge in [0.25, 0.3) is 0 Å². The number of rotatable bonds is 12. The summed E-state index contributed by atoms with van der Waals surface area (Å²) in [4.78, 5) is 36.1. The van der Waals surface area contributed by atoms with Crippen LogP contribution in [0.3, 0.4) is 0 Å². The lowest BCUT2D eigenvalue weighted by Gasteiger charge is -2.34. The van der Waals surface area contributed by atoms with Crippen molar-refractivity contribution in [3.63, 3.8) is 0 Å². The number of piperazine rings is 1. The number of ether oxygens (including phenoxy) is 2. The lowest BCUT2D eigenvalue weighted by atomic mass is 10.2. The molecule has 0 unspecified atom stereocenters.